The van der Waals surface area contributed by atoms with E-state index in [0.29, 0.717) is 0 Å². The molecule has 0 spiro atoms. The molecule has 0 aliphatic carbocycles. The molecule has 2 rings (SSSR count). The van der Waals surface area contributed by atoms with Crippen LogP contribution in [0.4, 0.5) is 0 Å². The summed E-state index contributed by atoms with van der Waals surface area (Å²) in [5.74, 6) is 0.922. The second-order valence-corrected chi connectivity index (χ2v) is 5.72. The van der Waals surface area contributed by atoms with E-state index in [4.69, 9.17) is 0 Å². The lowest BCUT2D eigenvalue weighted by Gasteiger charge is -2.26. The van der Waals surface area contributed by atoms with E-state index in [2.05, 4.69) is 29.0 Å². The van der Waals surface area contributed by atoms with E-state index < -0.39 is 0 Å². The van der Waals surface area contributed by atoms with E-state index in [1.807, 2.05) is 0 Å². The van der Waals surface area contributed by atoms with Gasteiger partial charge in [-0.05, 0) is 51.4 Å². The third-order valence-electron chi connectivity index (χ3n) is 4.39. The monoisotopic (exact) mass is 239 g/mol. The third-order valence-corrected chi connectivity index (χ3v) is 4.39. The van der Waals surface area contributed by atoms with Crippen LogP contribution < -0.4 is 5.32 Å². The van der Waals surface area contributed by atoms with Gasteiger partial charge in [0.15, 0.2) is 0 Å². The Bertz CT molecular complexity index is 220. The first-order valence-electron chi connectivity index (χ1n) is 7.50. The van der Waals surface area contributed by atoms with Gasteiger partial charge in [0.2, 0.25) is 0 Å². The first-order chi connectivity index (χ1) is 8.31. The van der Waals surface area contributed by atoms with Crippen molar-refractivity contribution in [2.24, 2.45) is 5.92 Å². The van der Waals surface area contributed by atoms with Crippen LogP contribution in [-0.4, -0.2) is 61.7 Å². The average molecular weight is 239 g/mol. The predicted octanol–water partition coefficient (Wildman–Crippen LogP) is 1.40. The highest BCUT2D eigenvalue weighted by atomic mass is 15.2. The van der Waals surface area contributed by atoms with Crippen LogP contribution in [0.5, 0.6) is 0 Å². The van der Waals surface area contributed by atoms with Gasteiger partial charge in [-0.1, -0.05) is 13.8 Å². The molecule has 2 aliphatic rings. The van der Waals surface area contributed by atoms with Crippen molar-refractivity contribution in [1.82, 2.24) is 15.1 Å². The van der Waals surface area contributed by atoms with E-state index in [9.17, 15) is 0 Å². The first-order valence-corrected chi connectivity index (χ1v) is 7.50. The van der Waals surface area contributed by atoms with E-state index in [-0.39, 0.29) is 0 Å². The summed E-state index contributed by atoms with van der Waals surface area (Å²) in [4.78, 5) is 5.30. The summed E-state index contributed by atoms with van der Waals surface area (Å²) in [6.07, 6.45) is 4.00. The zero-order valence-electron chi connectivity index (χ0n) is 11.6. The molecule has 2 saturated heterocycles. The standard InChI is InChI=1S/C14H29N3/c1-3-14-12-17(8-5-7-15-14)11-13-6-9-16(4-2)10-13/h13-15H,3-12H2,1-2H3. The number of likely N-dealkylation sites (tertiary alicyclic amines) is 1. The summed E-state index contributed by atoms with van der Waals surface area (Å²) in [7, 11) is 0. The number of rotatable bonds is 4. The van der Waals surface area contributed by atoms with Gasteiger partial charge in [-0.2, -0.15) is 0 Å². The van der Waals surface area contributed by atoms with Crippen LogP contribution >= 0.6 is 0 Å². The Balaban J connectivity index is 1.77. The van der Waals surface area contributed by atoms with E-state index >= 15 is 0 Å². The Morgan fingerprint density at radius 1 is 1.12 bits per heavy atom. The molecule has 2 atom stereocenters. The number of nitrogens with zero attached hydrogens (tertiary/aromatic N) is 2. The van der Waals surface area contributed by atoms with Gasteiger partial charge < -0.3 is 15.1 Å². The van der Waals surface area contributed by atoms with Crippen LogP contribution in [0.1, 0.15) is 33.1 Å². The molecule has 17 heavy (non-hydrogen) atoms. The number of hydrogen-bond donors (Lipinski definition) is 1. The minimum absolute atomic E-state index is 0.723. The lowest BCUT2D eigenvalue weighted by Crippen LogP contribution is -2.39. The van der Waals surface area contributed by atoms with E-state index in [1.165, 1.54) is 65.1 Å². The summed E-state index contributed by atoms with van der Waals surface area (Å²) in [6, 6.07) is 0.723. The topological polar surface area (TPSA) is 18.5 Å². The van der Waals surface area contributed by atoms with Crippen molar-refractivity contribution in [2.75, 3.05) is 45.8 Å². The zero-order chi connectivity index (χ0) is 12.1. The van der Waals surface area contributed by atoms with Crippen LogP contribution in [0.2, 0.25) is 0 Å². The fraction of sp³-hybridized carbons (Fsp3) is 1.00. The van der Waals surface area contributed by atoms with Gasteiger partial charge in [0.25, 0.3) is 0 Å². The van der Waals surface area contributed by atoms with E-state index in [1.54, 1.807) is 0 Å². The van der Waals surface area contributed by atoms with Crippen molar-refractivity contribution < 1.29 is 0 Å². The molecule has 1 N–H and O–H groups in total. The molecule has 0 aromatic carbocycles. The van der Waals surface area contributed by atoms with Gasteiger partial charge in [-0.3, -0.25) is 0 Å². The summed E-state index contributed by atoms with van der Waals surface area (Å²) < 4.78 is 0. The normalized spacial score (nSPS) is 32.8. The smallest absolute Gasteiger partial charge is 0.0192 e. The number of hydrogen-bond acceptors (Lipinski definition) is 3. The highest BCUT2D eigenvalue weighted by molar-refractivity contribution is 4.81. The maximum absolute atomic E-state index is 3.65. The molecule has 0 radical (unpaired) electrons. The lowest BCUT2D eigenvalue weighted by molar-refractivity contribution is 0.222. The van der Waals surface area contributed by atoms with Crippen molar-refractivity contribution >= 4 is 0 Å². The Morgan fingerprint density at radius 3 is 2.71 bits per heavy atom. The van der Waals surface area contributed by atoms with Crippen LogP contribution in [0, 0.1) is 5.92 Å². The molecule has 0 amide bonds. The molecule has 0 aromatic heterocycles. The SMILES string of the molecule is CCC1CN(CC2CCN(CC)C2)CCCN1. The maximum Gasteiger partial charge on any atom is 0.0192 e. The van der Waals surface area contributed by atoms with Crippen LogP contribution in [0.3, 0.4) is 0 Å². The molecular weight excluding hydrogens is 210 g/mol. The van der Waals surface area contributed by atoms with Crippen molar-refractivity contribution in [3.05, 3.63) is 0 Å². The highest BCUT2D eigenvalue weighted by Crippen LogP contribution is 2.18. The van der Waals surface area contributed by atoms with Crippen molar-refractivity contribution in [1.29, 1.82) is 0 Å². The van der Waals surface area contributed by atoms with E-state index in [0.717, 1.165) is 12.0 Å². The summed E-state index contributed by atoms with van der Waals surface area (Å²) >= 11 is 0. The molecule has 3 nitrogen and oxygen atoms in total. The van der Waals surface area contributed by atoms with Crippen LogP contribution in [0.25, 0.3) is 0 Å². The molecule has 2 unspecified atom stereocenters. The zero-order valence-corrected chi connectivity index (χ0v) is 11.6. The highest BCUT2D eigenvalue weighted by Gasteiger charge is 2.25. The molecule has 100 valence electrons. The fourth-order valence-electron chi connectivity index (χ4n) is 3.23. The van der Waals surface area contributed by atoms with Crippen LogP contribution in [0.15, 0.2) is 0 Å². The summed E-state index contributed by atoms with van der Waals surface area (Å²) in [6.45, 7) is 13.6. The first kappa shape index (κ1) is 13.3. The summed E-state index contributed by atoms with van der Waals surface area (Å²) in [5.41, 5.74) is 0. The quantitative estimate of drug-likeness (QED) is 0.800. The molecule has 0 bridgehead atoms. The minimum atomic E-state index is 0.723. The van der Waals surface area contributed by atoms with Gasteiger partial charge in [0.1, 0.15) is 0 Å². The molecule has 0 aromatic rings. The predicted molar refractivity (Wildman–Crippen MR) is 73.4 cm³/mol. The molecule has 2 aliphatic heterocycles. The fourth-order valence-corrected chi connectivity index (χ4v) is 3.23. The second kappa shape index (κ2) is 6.72. The van der Waals surface area contributed by atoms with Gasteiger partial charge in [-0.25, -0.2) is 0 Å². The maximum atomic E-state index is 3.65. The number of nitrogens with one attached hydrogen (secondary N) is 1. The van der Waals surface area contributed by atoms with Gasteiger partial charge in [0, 0.05) is 25.7 Å². The van der Waals surface area contributed by atoms with Crippen molar-refractivity contribution in [2.45, 2.75) is 39.2 Å². The average Bonchev–Trinajstić information content (AvgIpc) is 2.67. The Labute approximate surface area is 107 Å². The lowest BCUT2D eigenvalue weighted by atomic mass is 10.1. The molecule has 2 fully saturated rings. The summed E-state index contributed by atoms with van der Waals surface area (Å²) in [5, 5.41) is 3.65. The van der Waals surface area contributed by atoms with Crippen molar-refractivity contribution in [3.8, 4) is 0 Å². The Morgan fingerprint density at radius 2 is 2.00 bits per heavy atom. The minimum Gasteiger partial charge on any atom is -0.313 e. The van der Waals surface area contributed by atoms with Gasteiger partial charge in [-0.15, -0.1) is 0 Å². The third kappa shape index (κ3) is 3.94. The van der Waals surface area contributed by atoms with Crippen LogP contribution in [-0.2, 0) is 0 Å². The molecular formula is C14H29N3. The van der Waals surface area contributed by atoms with Gasteiger partial charge >= 0.3 is 0 Å². The largest absolute Gasteiger partial charge is 0.313 e. The van der Waals surface area contributed by atoms with Gasteiger partial charge in [0.05, 0.1) is 0 Å². The van der Waals surface area contributed by atoms with Crippen molar-refractivity contribution in [3.63, 3.8) is 0 Å². The second-order valence-electron chi connectivity index (χ2n) is 5.72. The Kier molecular flexibility index (Phi) is 5.26. The Hall–Kier alpha value is -0.120. The molecule has 3 heteroatoms. The molecule has 0 saturated carbocycles. The molecule has 2 heterocycles.